The number of nitrogens with zero attached hydrogens (tertiary/aromatic N) is 3. The maximum absolute atomic E-state index is 8.20. The van der Waals surface area contributed by atoms with Crippen LogP contribution in [0.4, 0.5) is 0 Å². The Morgan fingerprint density at radius 3 is 1.91 bits per heavy atom. The van der Waals surface area contributed by atoms with Crippen molar-refractivity contribution in [2.75, 3.05) is 0 Å². The molecule has 0 saturated carbocycles. The van der Waals surface area contributed by atoms with Crippen molar-refractivity contribution in [1.82, 2.24) is 0 Å². The minimum absolute atomic E-state index is 0. The Labute approximate surface area is 86.8 Å². The van der Waals surface area contributed by atoms with Crippen LogP contribution < -0.4 is 5.73 Å². The average Bonchev–Trinajstić information content (AvgIpc) is 1.91. The molecule has 0 aromatic carbocycles. The third-order valence-electron chi connectivity index (χ3n) is 0.814. The molecule has 4 nitrogen and oxygen atoms in total. The molecule has 0 bridgehead atoms. The molecule has 0 aromatic rings. The first kappa shape index (κ1) is 12.7. The quantitative estimate of drug-likeness (QED) is 0.409. The Balaban J connectivity index is 0. The van der Waals surface area contributed by atoms with Crippen LogP contribution in [0, 0.1) is 34.0 Å². The molecule has 11 heavy (non-hydrogen) atoms. The van der Waals surface area contributed by atoms with E-state index in [1.807, 2.05) is 0 Å². The van der Waals surface area contributed by atoms with Crippen LogP contribution >= 0.6 is 0 Å². The summed E-state index contributed by atoms with van der Waals surface area (Å²) < 4.78 is 0. The van der Waals surface area contributed by atoms with E-state index in [0.29, 0.717) is 0 Å². The summed E-state index contributed by atoms with van der Waals surface area (Å²) in [5, 5.41) is 24.5. The first-order valence-corrected chi connectivity index (χ1v) is 2.42. The van der Waals surface area contributed by atoms with Gasteiger partial charge in [0.15, 0.2) is 0 Å². The molecule has 0 atom stereocenters. The van der Waals surface area contributed by atoms with Crippen molar-refractivity contribution in [2.24, 2.45) is 5.73 Å². The summed E-state index contributed by atoms with van der Waals surface area (Å²) in [5.74, 6) is 0. The summed E-state index contributed by atoms with van der Waals surface area (Å²) in [6, 6.07) is 4.89. The molecule has 0 aliphatic carbocycles. The van der Waals surface area contributed by atoms with Gasteiger partial charge in [0, 0.05) is 0 Å². The number of nitriles is 3. The van der Waals surface area contributed by atoms with Gasteiger partial charge in [-0.25, -0.2) is 0 Å². The fourth-order valence-corrected chi connectivity index (χ4v) is 0.342. The summed E-state index contributed by atoms with van der Waals surface area (Å²) in [5.41, 5.74) is 5.02. The molecule has 0 aliphatic rings. The average molecular weight is 156 g/mol. The summed E-state index contributed by atoms with van der Waals surface area (Å²) >= 11 is 0. The van der Waals surface area contributed by atoms with E-state index in [2.05, 4.69) is 0 Å². The van der Waals surface area contributed by atoms with Gasteiger partial charge in [0.25, 0.3) is 0 Å². The molecule has 0 aliphatic heterocycles. The SMILES string of the molecule is N#CCC(N)=C(C#N)C#N.[NaH]. The van der Waals surface area contributed by atoms with Crippen molar-refractivity contribution in [3.63, 3.8) is 0 Å². The van der Waals surface area contributed by atoms with Gasteiger partial charge in [0.2, 0.25) is 0 Å². The third kappa shape index (κ3) is 4.42. The summed E-state index contributed by atoms with van der Waals surface area (Å²) in [7, 11) is 0. The first-order chi connectivity index (χ1) is 4.76. The Kier molecular flexibility index (Phi) is 8.20. The number of rotatable bonds is 1. The van der Waals surface area contributed by atoms with Crippen LogP contribution in [0.5, 0.6) is 0 Å². The van der Waals surface area contributed by atoms with Gasteiger partial charge in [-0.15, -0.1) is 0 Å². The van der Waals surface area contributed by atoms with Gasteiger partial charge in [0.05, 0.1) is 18.2 Å². The summed E-state index contributed by atoms with van der Waals surface area (Å²) in [4.78, 5) is 0. The van der Waals surface area contributed by atoms with Crippen molar-refractivity contribution >= 4 is 29.6 Å². The van der Waals surface area contributed by atoms with Crippen molar-refractivity contribution < 1.29 is 0 Å². The number of nitrogens with two attached hydrogens (primary N) is 1. The van der Waals surface area contributed by atoms with E-state index in [0.717, 1.165) is 0 Å². The van der Waals surface area contributed by atoms with E-state index < -0.39 is 0 Å². The van der Waals surface area contributed by atoms with Crippen molar-refractivity contribution in [2.45, 2.75) is 6.42 Å². The Morgan fingerprint density at radius 2 is 1.64 bits per heavy atom. The molecule has 0 radical (unpaired) electrons. The van der Waals surface area contributed by atoms with Crippen LogP contribution in [0.1, 0.15) is 6.42 Å². The maximum atomic E-state index is 8.20. The second kappa shape index (κ2) is 7.12. The third-order valence-corrected chi connectivity index (χ3v) is 0.814. The molecular formula is C6H5N4Na. The van der Waals surface area contributed by atoms with Crippen LogP contribution in [0.25, 0.3) is 0 Å². The fraction of sp³-hybridized carbons (Fsp3) is 0.167. The Morgan fingerprint density at radius 1 is 1.18 bits per heavy atom. The molecule has 0 saturated heterocycles. The fourth-order valence-electron chi connectivity index (χ4n) is 0.342. The van der Waals surface area contributed by atoms with Gasteiger partial charge in [-0.1, -0.05) is 0 Å². The zero-order valence-electron chi connectivity index (χ0n) is 5.13. The zero-order valence-corrected chi connectivity index (χ0v) is 5.13. The van der Waals surface area contributed by atoms with Gasteiger partial charge in [0.1, 0.15) is 17.7 Å². The summed E-state index contributed by atoms with van der Waals surface area (Å²) in [6.45, 7) is 0. The van der Waals surface area contributed by atoms with E-state index in [4.69, 9.17) is 21.5 Å². The predicted molar refractivity (Wildman–Crippen MR) is 39.8 cm³/mol. The van der Waals surface area contributed by atoms with Crippen LogP contribution in [0.2, 0.25) is 0 Å². The van der Waals surface area contributed by atoms with E-state index in [1.165, 1.54) is 0 Å². The van der Waals surface area contributed by atoms with Crippen LogP contribution in [-0.4, -0.2) is 29.6 Å². The number of hydrogen-bond donors (Lipinski definition) is 1. The second-order valence-corrected chi connectivity index (χ2v) is 1.46. The monoisotopic (exact) mass is 156 g/mol. The van der Waals surface area contributed by atoms with Crippen LogP contribution in [0.15, 0.2) is 11.3 Å². The molecule has 0 rings (SSSR count). The minimum atomic E-state index is -0.179. The molecule has 0 aromatic heterocycles. The van der Waals surface area contributed by atoms with Gasteiger partial charge >= 0.3 is 29.6 Å². The normalized spacial score (nSPS) is 5.91. The molecule has 2 N–H and O–H groups in total. The topological polar surface area (TPSA) is 97.4 Å². The van der Waals surface area contributed by atoms with Gasteiger partial charge in [-0.2, -0.15) is 15.8 Å². The molecule has 0 heterocycles. The molecular weight excluding hydrogens is 151 g/mol. The molecule has 0 fully saturated rings. The number of hydrogen-bond acceptors (Lipinski definition) is 4. The van der Waals surface area contributed by atoms with Gasteiger partial charge in [-0.3, -0.25) is 0 Å². The zero-order chi connectivity index (χ0) is 7.98. The van der Waals surface area contributed by atoms with E-state index in [1.54, 1.807) is 18.2 Å². The van der Waals surface area contributed by atoms with Crippen LogP contribution in [0.3, 0.4) is 0 Å². The Hall–Kier alpha value is -0.990. The number of allylic oxidation sites excluding steroid dienone is 2. The van der Waals surface area contributed by atoms with Crippen LogP contribution in [-0.2, 0) is 0 Å². The van der Waals surface area contributed by atoms with Gasteiger partial charge < -0.3 is 5.73 Å². The molecule has 0 unspecified atom stereocenters. The standard InChI is InChI=1S/C6H4N4.Na.H/c7-2-1-6(10)5(3-8)4-9;;/h1,10H2;;. The Bertz CT molecular complexity index is 256. The predicted octanol–water partition coefficient (Wildman–Crippen LogP) is -0.488. The first-order valence-electron chi connectivity index (χ1n) is 2.42. The van der Waals surface area contributed by atoms with E-state index in [9.17, 15) is 0 Å². The van der Waals surface area contributed by atoms with Crippen molar-refractivity contribution in [3.05, 3.63) is 11.3 Å². The van der Waals surface area contributed by atoms with E-state index in [-0.39, 0.29) is 47.2 Å². The van der Waals surface area contributed by atoms with Crippen molar-refractivity contribution in [3.8, 4) is 18.2 Å². The van der Waals surface area contributed by atoms with Crippen molar-refractivity contribution in [1.29, 1.82) is 15.8 Å². The van der Waals surface area contributed by atoms with E-state index >= 15 is 0 Å². The molecule has 0 spiro atoms. The van der Waals surface area contributed by atoms with Gasteiger partial charge in [-0.05, 0) is 0 Å². The summed E-state index contributed by atoms with van der Waals surface area (Å²) in [6.07, 6.45) is -0.0730. The second-order valence-electron chi connectivity index (χ2n) is 1.46. The molecule has 50 valence electrons. The molecule has 5 heteroatoms. The molecule has 0 amide bonds.